The fourth-order valence-electron chi connectivity index (χ4n) is 2.65. The van der Waals surface area contributed by atoms with Crippen LogP contribution in [0.25, 0.3) is 0 Å². The van der Waals surface area contributed by atoms with Gasteiger partial charge in [0.05, 0.1) is 0 Å². The first-order valence-corrected chi connectivity index (χ1v) is 7.22. The van der Waals surface area contributed by atoms with Gasteiger partial charge in [-0.15, -0.1) is 0 Å². The van der Waals surface area contributed by atoms with Gasteiger partial charge in [-0.3, -0.25) is 9.69 Å². The number of rotatable bonds is 8. The molecule has 0 saturated heterocycles. The lowest BCUT2D eigenvalue weighted by atomic mass is 9.99. The van der Waals surface area contributed by atoms with Gasteiger partial charge in [-0.05, 0) is 52.4 Å². The number of carbonyl (C=O) groups is 1. The fraction of sp³-hybridized carbons (Fsp3) is 0.929. The molecule has 0 aliphatic heterocycles. The molecule has 0 bridgehead atoms. The van der Waals surface area contributed by atoms with Crippen molar-refractivity contribution in [1.82, 2.24) is 10.2 Å². The maximum absolute atomic E-state index is 11.8. The molecule has 2 fully saturated rings. The second-order valence-electron chi connectivity index (χ2n) is 6.60. The van der Waals surface area contributed by atoms with Crippen molar-refractivity contribution in [2.24, 2.45) is 11.7 Å². The van der Waals surface area contributed by atoms with E-state index >= 15 is 0 Å². The van der Waals surface area contributed by atoms with Gasteiger partial charge in [0.1, 0.15) is 5.54 Å². The Morgan fingerprint density at radius 2 is 2.00 bits per heavy atom. The summed E-state index contributed by atoms with van der Waals surface area (Å²) in [6.45, 7) is 7.96. The summed E-state index contributed by atoms with van der Waals surface area (Å²) < 4.78 is 0. The van der Waals surface area contributed by atoms with Crippen LogP contribution in [0.2, 0.25) is 0 Å². The SMILES string of the molecule is CC(C)NC(C)(CN(CC1CC1)C1CC1)C(N)=O. The zero-order chi connectivity index (χ0) is 13.3. The van der Waals surface area contributed by atoms with E-state index in [9.17, 15) is 4.79 Å². The lowest BCUT2D eigenvalue weighted by Gasteiger charge is -2.35. The predicted molar refractivity (Wildman–Crippen MR) is 73.2 cm³/mol. The van der Waals surface area contributed by atoms with Crippen molar-refractivity contribution in [3.8, 4) is 0 Å². The van der Waals surface area contributed by atoms with E-state index in [0.29, 0.717) is 6.04 Å². The second-order valence-corrected chi connectivity index (χ2v) is 6.60. The number of primary amides is 1. The third-order valence-electron chi connectivity index (χ3n) is 3.92. The van der Waals surface area contributed by atoms with Crippen LogP contribution in [-0.2, 0) is 4.79 Å². The number of nitrogens with zero attached hydrogens (tertiary/aromatic N) is 1. The van der Waals surface area contributed by atoms with Crippen LogP contribution in [0.1, 0.15) is 46.5 Å². The van der Waals surface area contributed by atoms with Gasteiger partial charge in [-0.1, -0.05) is 0 Å². The van der Waals surface area contributed by atoms with E-state index in [1.54, 1.807) is 0 Å². The standard InChI is InChI=1S/C14H27N3O/c1-10(2)16-14(3,13(15)18)9-17(12-6-7-12)8-11-4-5-11/h10-12,16H,4-9H2,1-3H3,(H2,15,18). The molecule has 4 nitrogen and oxygen atoms in total. The highest BCUT2D eigenvalue weighted by Crippen LogP contribution is 2.35. The van der Waals surface area contributed by atoms with E-state index in [1.165, 1.54) is 25.7 Å². The molecule has 2 rings (SSSR count). The van der Waals surface area contributed by atoms with Crippen LogP contribution in [0.4, 0.5) is 0 Å². The van der Waals surface area contributed by atoms with Crippen LogP contribution in [0.3, 0.4) is 0 Å². The molecule has 2 aliphatic rings. The summed E-state index contributed by atoms with van der Waals surface area (Å²) in [5.74, 6) is 0.624. The lowest BCUT2D eigenvalue weighted by Crippen LogP contribution is -2.61. The Hall–Kier alpha value is -0.610. The van der Waals surface area contributed by atoms with E-state index in [1.807, 2.05) is 6.92 Å². The molecule has 1 unspecified atom stereocenters. The van der Waals surface area contributed by atoms with Gasteiger partial charge in [-0.25, -0.2) is 0 Å². The maximum atomic E-state index is 11.8. The van der Waals surface area contributed by atoms with Gasteiger partial charge in [-0.2, -0.15) is 0 Å². The van der Waals surface area contributed by atoms with E-state index in [0.717, 1.165) is 19.0 Å². The van der Waals surface area contributed by atoms with Crippen molar-refractivity contribution in [3.05, 3.63) is 0 Å². The van der Waals surface area contributed by atoms with Crippen molar-refractivity contribution >= 4 is 5.91 Å². The zero-order valence-corrected chi connectivity index (χ0v) is 11.9. The Morgan fingerprint density at radius 3 is 2.39 bits per heavy atom. The zero-order valence-electron chi connectivity index (χ0n) is 11.9. The summed E-state index contributed by atoms with van der Waals surface area (Å²) in [7, 11) is 0. The summed E-state index contributed by atoms with van der Waals surface area (Å²) in [5, 5.41) is 3.35. The Kier molecular flexibility index (Phi) is 3.97. The predicted octanol–water partition coefficient (Wildman–Crippen LogP) is 1.10. The summed E-state index contributed by atoms with van der Waals surface area (Å²) in [6.07, 6.45) is 5.27. The molecule has 1 atom stereocenters. The number of amides is 1. The average Bonchev–Trinajstić information content (AvgIpc) is 3.10. The minimum Gasteiger partial charge on any atom is -0.368 e. The quantitative estimate of drug-likeness (QED) is 0.681. The Bertz CT molecular complexity index is 310. The fourth-order valence-corrected chi connectivity index (χ4v) is 2.65. The molecular weight excluding hydrogens is 226 g/mol. The molecule has 0 radical (unpaired) electrons. The Balaban J connectivity index is 1.97. The van der Waals surface area contributed by atoms with E-state index in [4.69, 9.17) is 5.73 Å². The van der Waals surface area contributed by atoms with Gasteiger partial charge < -0.3 is 11.1 Å². The highest BCUT2D eigenvalue weighted by Gasteiger charge is 2.40. The third-order valence-corrected chi connectivity index (χ3v) is 3.92. The summed E-state index contributed by atoms with van der Waals surface area (Å²) >= 11 is 0. The summed E-state index contributed by atoms with van der Waals surface area (Å²) in [5.41, 5.74) is 5.00. The van der Waals surface area contributed by atoms with Crippen molar-refractivity contribution in [2.75, 3.05) is 13.1 Å². The van der Waals surface area contributed by atoms with Crippen molar-refractivity contribution in [3.63, 3.8) is 0 Å². The minimum absolute atomic E-state index is 0.238. The van der Waals surface area contributed by atoms with Crippen LogP contribution < -0.4 is 11.1 Å². The number of hydrogen-bond acceptors (Lipinski definition) is 3. The summed E-state index contributed by atoms with van der Waals surface area (Å²) in [4.78, 5) is 14.3. The molecule has 18 heavy (non-hydrogen) atoms. The molecule has 3 N–H and O–H groups in total. The first kappa shape index (κ1) is 13.8. The second kappa shape index (κ2) is 5.17. The van der Waals surface area contributed by atoms with Gasteiger partial charge in [0.15, 0.2) is 0 Å². The molecule has 2 saturated carbocycles. The topological polar surface area (TPSA) is 58.4 Å². The third kappa shape index (κ3) is 3.69. The Morgan fingerprint density at radius 1 is 1.39 bits per heavy atom. The van der Waals surface area contributed by atoms with Gasteiger partial charge in [0, 0.05) is 25.2 Å². The molecule has 0 aromatic carbocycles. The number of nitrogens with one attached hydrogen (secondary N) is 1. The van der Waals surface area contributed by atoms with Crippen molar-refractivity contribution in [2.45, 2.75) is 64.1 Å². The van der Waals surface area contributed by atoms with E-state index in [2.05, 4.69) is 24.1 Å². The Labute approximate surface area is 110 Å². The molecule has 0 spiro atoms. The smallest absolute Gasteiger partial charge is 0.238 e. The molecule has 0 aromatic rings. The van der Waals surface area contributed by atoms with Crippen LogP contribution in [0, 0.1) is 5.92 Å². The van der Waals surface area contributed by atoms with Crippen LogP contribution >= 0.6 is 0 Å². The van der Waals surface area contributed by atoms with Crippen molar-refractivity contribution < 1.29 is 4.79 Å². The van der Waals surface area contributed by atoms with E-state index in [-0.39, 0.29) is 11.9 Å². The molecule has 104 valence electrons. The summed E-state index contributed by atoms with van der Waals surface area (Å²) in [6, 6.07) is 0.961. The minimum atomic E-state index is -0.606. The number of carbonyl (C=O) groups excluding carboxylic acids is 1. The van der Waals surface area contributed by atoms with Crippen LogP contribution in [0.15, 0.2) is 0 Å². The largest absolute Gasteiger partial charge is 0.368 e. The maximum Gasteiger partial charge on any atom is 0.238 e. The highest BCUT2D eigenvalue weighted by atomic mass is 16.1. The molecule has 0 heterocycles. The number of hydrogen-bond donors (Lipinski definition) is 2. The first-order chi connectivity index (χ1) is 8.40. The van der Waals surface area contributed by atoms with Crippen molar-refractivity contribution in [1.29, 1.82) is 0 Å². The van der Waals surface area contributed by atoms with Gasteiger partial charge in [0.25, 0.3) is 0 Å². The van der Waals surface area contributed by atoms with Gasteiger partial charge >= 0.3 is 0 Å². The van der Waals surface area contributed by atoms with Gasteiger partial charge in [0.2, 0.25) is 5.91 Å². The molecular formula is C14H27N3O. The average molecular weight is 253 g/mol. The van der Waals surface area contributed by atoms with Crippen LogP contribution in [0.5, 0.6) is 0 Å². The monoisotopic (exact) mass is 253 g/mol. The normalized spacial score (nSPS) is 23.4. The highest BCUT2D eigenvalue weighted by molar-refractivity contribution is 5.84. The molecule has 0 aromatic heterocycles. The number of nitrogens with two attached hydrogens (primary N) is 1. The molecule has 1 amide bonds. The first-order valence-electron chi connectivity index (χ1n) is 7.22. The molecule has 2 aliphatic carbocycles. The van der Waals surface area contributed by atoms with Crippen LogP contribution in [-0.4, -0.2) is 41.5 Å². The molecule has 4 heteroatoms. The lowest BCUT2D eigenvalue weighted by molar-refractivity contribution is -0.125. The van der Waals surface area contributed by atoms with E-state index < -0.39 is 5.54 Å².